The van der Waals surface area contributed by atoms with Gasteiger partial charge in [0.05, 0.1) is 13.2 Å². The summed E-state index contributed by atoms with van der Waals surface area (Å²) in [5.74, 6) is 0.514. The Kier molecular flexibility index (Phi) is 4.83. The van der Waals surface area contributed by atoms with Crippen LogP contribution >= 0.6 is 0 Å². The predicted octanol–water partition coefficient (Wildman–Crippen LogP) is 2.10. The molecule has 112 valence electrons. The van der Waals surface area contributed by atoms with Gasteiger partial charge in [-0.1, -0.05) is 13.3 Å². The molecule has 0 aliphatic heterocycles. The van der Waals surface area contributed by atoms with E-state index in [2.05, 4.69) is 12.2 Å². The molecule has 0 spiro atoms. The van der Waals surface area contributed by atoms with Crippen LogP contribution in [0.2, 0.25) is 0 Å². The lowest BCUT2D eigenvalue weighted by Crippen LogP contribution is -2.41. The lowest BCUT2D eigenvalue weighted by atomic mass is 9.86. The summed E-state index contributed by atoms with van der Waals surface area (Å²) in [6.07, 6.45) is 3.22. The zero-order chi connectivity index (χ0) is 14.6. The Morgan fingerprint density at radius 3 is 3.10 bits per heavy atom. The van der Waals surface area contributed by atoms with Gasteiger partial charge in [-0.05, 0) is 31.9 Å². The first kappa shape index (κ1) is 15.1. The molecular formula is C15H23NO4. The molecule has 0 saturated heterocycles. The molecule has 5 heteroatoms. The first-order chi connectivity index (χ1) is 9.59. The van der Waals surface area contributed by atoms with Gasteiger partial charge < -0.3 is 19.6 Å². The van der Waals surface area contributed by atoms with Gasteiger partial charge in [0.2, 0.25) is 5.76 Å². The molecule has 20 heavy (non-hydrogen) atoms. The van der Waals surface area contributed by atoms with Crippen LogP contribution in [0.3, 0.4) is 0 Å². The molecule has 0 amide bonds. The van der Waals surface area contributed by atoms with Crippen molar-refractivity contribution in [2.45, 2.75) is 45.7 Å². The van der Waals surface area contributed by atoms with Gasteiger partial charge in [0.1, 0.15) is 5.76 Å². The van der Waals surface area contributed by atoms with Crippen LogP contribution in [-0.4, -0.2) is 30.3 Å². The van der Waals surface area contributed by atoms with Crippen LogP contribution in [-0.2, 0) is 11.3 Å². The van der Waals surface area contributed by atoms with Crippen molar-refractivity contribution in [3.8, 4) is 0 Å². The van der Waals surface area contributed by atoms with E-state index in [0.717, 1.165) is 19.3 Å². The van der Waals surface area contributed by atoms with E-state index in [1.165, 1.54) is 0 Å². The molecule has 0 aromatic carbocycles. The van der Waals surface area contributed by atoms with Gasteiger partial charge >= 0.3 is 5.97 Å². The number of hydrogen-bond acceptors (Lipinski definition) is 5. The Balaban J connectivity index is 1.90. The van der Waals surface area contributed by atoms with Crippen molar-refractivity contribution in [1.82, 2.24) is 5.32 Å². The van der Waals surface area contributed by atoms with Gasteiger partial charge in [-0.3, -0.25) is 0 Å². The molecule has 2 unspecified atom stereocenters. The third-order valence-corrected chi connectivity index (χ3v) is 4.10. The second kappa shape index (κ2) is 6.41. The van der Waals surface area contributed by atoms with E-state index in [4.69, 9.17) is 9.15 Å². The maximum atomic E-state index is 11.5. The van der Waals surface area contributed by atoms with E-state index in [0.29, 0.717) is 18.9 Å². The van der Waals surface area contributed by atoms with Gasteiger partial charge in [0, 0.05) is 18.1 Å². The molecule has 1 aromatic heterocycles. The molecule has 2 N–H and O–H groups in total. The molecule has 0 radical (unpaired) electrons. The fraction of sp³-hybridized carbons (Fsp3) is 0.667. The van der Waals surface area contributed by atoms with Crippen molar-refractivity contribution < 1.29 is 19.1 Å². The van der Waals surface area contributed by atoms with Gasteiger partial charge in [0.25, 0.3) is 0 Å². The summed E-state index contributed by atoms with van der Waals surface area (Å²) in [6, 6.07) is 3.70. The summed E-state index contributed by atoms with van der Waals surface area (Å²) < 4.78 is 10.3. The number of aliphatic hydroxyl groups excluding tert-OH is 1. The minimum Gasteiger partial charge on any atom is -0.460 e. The SMILES string of the molecule is CCOC(=O)c1ccc(CNC2CCCC2(C)CO)o1. The third kappa shape index (κ3) is 3.22. The Morgan fingerprint density at radius 1 is 1.60 bits per heavy atom. The highest BCUT2D eigenvalue weighted by atomic mass is 16.5. The Morgan fingerprint density at radius 2 is 2.40 bits per heavy atom. The molecule has 2 atom stereocenters. The number of aliphatic hydroxyl groups is 1. The molecule has 0 bridgehead atoms. The zero-order valence-electron chi connectivity index (χ0n) is 12.1. The molecule has 1 heterocycles. The van der Waals surface area contributed by atoms with Crippen LogP contribution in [0, 0.1) is 5.41 Å². The number of nitrogens with one attached hydrogen (secondary N) is 1. The second-order valence-electron chi connectivity index (χ2n) is 5.62. The number of rotatable bonds is 6. The average Bonchev–Trinajstić information content (AvgIpc) is 3.04. The number of carbonyl (C=O) groups excluding carboxylic acids is 1. The van der Waals surface area contributed by atoms with E-state index in [1.54, 1.807) is 19.1 Å². The van der Waals surface area contributed by atoms with E-state index in [-0.39, 0.29) is 23.8 Å². The highest BCUT2D eigenvalue weighted by Crippen LogP contribution is 2.37. The van der Waals surface area contributed by atoms with E-state index < -0.39 is 5.97 Å². The van der Waals surface area contributed by atoms with Crippen molar-refractivity contribution in [2.24, 2.45) is 5.41 Å². The number of hydrogen-bond donors (Lipinski definition) is 2. The molecule has 1 aliphatic rings. The first-order valence-electron chi connectivity index (χ1n) is 7.19. The van der Waals surface area contributed by atoms with Crippen molar-refractivity contribution in [3.05, 3.63) is 23.7 Å². The third-order valence-electron chi connectivity index (χ3n) is 4.10. The van der Waals surface area contributed by atoms with Gasteiger partial charge in [0.15, 0.2) is 0 Å². The quantitative estimate of drug-likeness (QED) is 0.781. The predicted molar refractivity (Wildman–Crippen MR) is 74.3 cm³/mol. The van der Waals surface area contributed by atoms with Crippen molar-refractivity contribution in [3.63, 3.8) is 0 Å². The number of esters is 1. The van der Waals surface area contributed by atoms with Crippen molar-refractivity contribution in [1.29, 1.82) is 0 Å². The molecule has 5 nitrogen and oxygen atoms in total. The number of ether oxygens (including phenoxy) is 1. The van der Waals surface area contributed by atoms with Crippen molar-refractivity contribution in [2.75, 3.05) is 13.2 Å². The van der Waals surface area contributed by atoms with Gasteiger partial charge in [-0.25, -0.2) is 4.79 Å². The maximum absolute atomic E-state index is 11.5. The van der Waals surface area contributed by atoms with Gasteiger partial charge in [-0.15, -0.1) is 0 Å². The topological polar surface area (TPSA) is 71.7 Å². The van der Waals surface area contributed by atoms with Crippen LogP contribution in [0.5, 0.6) is 0 Å². The fourth-order valence-corrected chi connectivity index (χ4v) is 2.78. The first-order valence-corrected chi connectivity index (χ1v) is 7.19. The van der Waals surface area contributed by atoms with Crippen LogP contribution < -0.4 is 5.32 Å². The monoisotopic (exact) mass is 281 g/mol. The van der Waals surface area contributed by atoms with E-state index in [1.807, 2.05) is 0 Å². The standard InChI is InChI=1S/C15H23NO4/c1-3-19-14(18)12-7-6-11(20-12)9-16-13-5-4-8-15(13,2)10-17/h6-7,13,16-17H,3-5,8-10H2,1-2H3. The summed E-state index contributed by atoms with van der Waals surface area (Å²) >= 11 is 0. The smallest absolute Gasteiger partial charge is 0.374 e. The largest absolute Gasteiger partial charge is 0.460 e. The average molecular weight is 281 g/mol. The molecule has 1 fully saturated rings. The summed E-state index contributed by atoms with van der Waals surface area (Å²) in [7, 11) is 0. The van der Waals surface area contributed by atoms with E-state index in [9.17, 15) is 9.90 Å². The minimum atomic E-state index is -0.431. The summed E-state index contributed by atoms with van der Waals surface area (Å²) in [5.41, 5.74) is -0.0590. The molecule has 1 saturated carbocycles. The highest BCUT2D eigenvalue weighted by Gasteiger charge is 2.37. The second-order valence-corrected chi connectivity index (χ2v) is 5.62. The lowest BCUT2D eigenvalue weighted by molar-refractivity contribution is 0.0487. The lowest BCUT2D eigenvalue weighted by Gasteiger charge is -2.30. The van der Waals surface area contributed by atoms with E-state index >= 15 is 0 Å². The molecule has 1 aromatic rings. The Bertz CT molecular complexity index is 456. The number of furan rings is 1. The molecule has 1 aliphatic carbocycles. The van der Waals surface area contributed by atoms with Crippen molar-refractivity contribution >= 4 is 5.97 Å². The zero-order valence-corrected chi connectivity index (χ0v) is 12.1. The maximum Gasteiger partial charge on any atom is 0.374 e. The Labute approximate surface area is 119 Å². The van der Waals surface area contributed by atoms with Crippen LogP contribution in [0.25, 0.3) is 0 Å². The summed E-state index contributed by atoms with van der Waals surface area (Å²) in [4.78, 5) is 11.5. The van der Waals surface area contributed by atoms with Crippen LogP contribution in [0.4, 0.5) is 0 Å². The fourth-order valence-electron chi connectivity index (χ4n) is 2.78. The number of carbonyl (C=O) groups is 1. The van der Waals surface area contributed by atoms with Crippen LogP contribution in [0.1, 0.15) is 49.4 Å². The molecule has 2 rings (SSSR count). The molecular weight excluding hydrogens is 258 g/mol. The normalized spacial score (nSPS) is 25.9. The minimum absolute atomic E-state index is 0.0590. The highest BCUT2D eigenvalue weighted by molar-refractivity contribution is 5.86. The van der Waals surface area contributed by atoms with Crippen LogP contribution in [0.15, 0.2) is 16.5 Å². The Hall–Kier alpha value is -1.33. The summed E-state index contributed by atoms with van der Waals surface area (Å²) in [6.45, 7) is 4.95. The van der Waals surface area contributed by atoms with Gasteiger partial charge in [-0.2, -0.15) is 0 Å². The summed E-state index contributed by atoms with van der Waals surface area (Å²) in [5, 5.41) is 12.9.